The van der Waals surface area contributed by atoms with Gasteiger partial charge in [-0.1, -0.05) is 12.1 Å². The van der Waals surface area contributed by atoms with Crippen molar-refractivity contribution in [2.45, 2.75) is 31.6 Å². The Bertz CT molecular complexity index is 718. The number of aliphatic hydroxyl groups is 1. The molecule has 7 heteroatoms. The number of morpholine rings is 1. The topological polar surface area (TPSA) is 78.4 Å². The molecule has 2 unspecified atom stereocenters. The van der Waals surface area contributed by atoms with Gasteiger partial charge in [0.05, 0.1) is 36.9 Å². The molecule has 0 aliphatic carbocycles. The predicted octanol–water partition coefficient (Wildman–Crippen LogP) is 1.96. The van der Waals surface area contributed by atoms with E-state index in [1.54, 1.807) is 17.0 Å². The molecule has 6 nitrogen and oxygen atoms in total. The molecular formula is C17H20FN3O3. The van der Waals surface area contributed by atoms with Crippen LogP contribution in [-0.2, 0) is 9.53 Å². The summed E-state index contributed by atoms with van der Waals surface area (Å²) in [6.07, 6.45) is 1.07. The summed E-state index contributed by atoms with van der Waals surface area (Å²) < 4.78 is 19.3. The van der Waals surface area contributed by atoms with E-state index < -0.39 is 23.7 Å². The standard InChI is InChI=1S/C17H20FN3O3/c1-17(2)9-24-14(11-4-3-5-12(18)6-11)8-21(17)16(23)15(22)13-7-19-10-20-13/h3-7,10,14-15,22H,8-9H2,1-2H3,(H,19,20). The Kier molecular flexibility index (Phi) is 4.38. The average molecular weight is 333 g/mol. The summed E-state index contributed by atoms with van der Waals surface area (Å²) in [5.41, 5.74) is 0.422. The van der Waals surface area contributed by atoms with Crippen LogP contribution >= 0.6 is 0 Å². The third-order valence-corrected chi connectivity index (χ3v) is 4.25. The second-order valence-corrected chi connectivity index (χ2v) is 6.53. The van der Waals surface area contributed by atoms with Gasteiger partial charge in [0.1, 0.15) is 11.9 Å². The normalized spacial score (nSPS) is 21.5. The lowest BCUT2D eigenvalue weighted by Gasteiger charge is -2.46. The lowest BCUT2D eigenvalue weighted by Crippen LogP contribution is -2.57. The zero-order chi connectivity index (χ0) is 17.3. The van der Waals surface area contributed by atoms with Crippen molar-refractivity contribution in [2.75, 3.05) is 13.2 Å². The first-order valence-electron chi connectivity index (χ1n) is 7.73. The molecule has 0 bridgehead atoms. The van der Waals surface area contributed by atoms with Crippen molar-refractivity contribution < 1.29 is 19.0 Å². The summed E-state index contributed by atoms with van der Waals surface area (Å²) >= 11 is 0. The molecule has 24 heavy (non-hydrogen) atoms. The molecule has 2 heterocycles. The summed E-state index contributed by atoms with van der Waals surface area (Å²) in [5, 5.41) is 10.3. The molecule has 0 radical (unpaired) electrons. The van der Waals surface area contributed by atoms with Crippen LogP contribution in [0.15, 0.2) is 36.8 Å². The molecule has 1 saturated heterocycles. The zero-order valence-corrected chi connectivity index (χ0v) is 13.6. The summed E-state index contributed by atoms with van der Waals surface area (Å²) in [6.45, 7) is 4.26. The van der Waals surface area contributed by atoms with Crippen LogP contribution in [0.4, 0.5) is 4.39 Å². The Labute approximate surface area is 139 Å². The second-order valence-electron chi connectivity index (χ2n) is 6.53. The van der Waals surface area contributed by atoms with Crippen LogP contribution in [0, 0.1) is 5.82 Å². The van der Waals surface area contributed by atoms with E-state index in [0.29, 0.717) is 11.3 Å². The lowest BCUT2D eigenvalue weighted by atomic mass is 9.97. The van der Waals surface area contributed by atoms with E-state index in [1.165, 1.54) is 24.7 Å². The number of carbonyl (C=O) groups is 1. The molecule has 1 aromatic heterocycles. The molecule has 0 spiro atoms. The van der Waals surface area contributed by atoms with Crippen LogP contribution in [0.1, 0.15) is 37.3 Å². The first kappa shape index (κ1) is 16.6. The first-order valence-corrected chi connectivity index (χ1v) is 7.73. The zero-order valence-electron chi connectivity index (χ0n) is 13.6. The minimum atomic E-state index is -1.32. The number of halogens is 1. The fourth-order valence-corrected chi connectivity index (χ4v) is 2.84. The Hall–Kier alpha value is -2.25. The summed E-state index contributed by atoms with van der Waals surface area (Å²) in [6, 6.07) is 6.14. The van der Waals surface area contributed by atoms with E-state index >= 15 is 0 Å². The second kappa shape index (κ2) is 6.33. The van der Waals surface area contributed by atoms with Crippen molar-refractivity contribution in [1.82, 2.24) is 14.9 Å². The molecule has 128 valence electrons. The predicted molar refractivity (Wildman–Crippen MR) is 84.4 cm³/mol. The minimum Gasteiger partial charge on any atom is -0.377 e. The number of rotatable bonds is 3. The molecule has 2 atom stereocenters. The monoisotopic (exact) mass is 333 g/mol. The van der Waals surface area contributed by atoms with Gasteiger partial charge in [0.15, 0.2) is 6.10 Å². The lowest BCUT2D eigenvalue weighted by molar-refractivity contribution is -0.163. The van der Waals surface area contributed by atoms with Gasteiger partial charge < -0.3 is 19.7 Å². The number of aromatic nitrogens is 2. The smallest absolute Gasteiger partial charge is 0.258 e. The maximum Gasteiger partial charge on any atom is 0.258 e. The number of aromatic amines is 1. The molecule has 3 rings (SSSR count). The molecule has 2 aromatic rings. The van der Waals surface area contributed by atoms with Crippen molar-refractivity contribution in [3.63, 3.8) is 0 Å². The molecule has 1 aromatic carbocycles. The Morgan fingerprint density at radius 1 is 1.54 bits per heavy atom. The van der Waals surface area contributed by atoms with Crippen LogP contribution < -0.4 is 0 Å². The van der Waals surface area contributed by atoms with E-state index in [9.17, 15) is 14.3 Å². The Morgan fingerprint density at radius 2 is 2.33 bits per heavy atom. The summed E-state index contributed by atoms with van der Waals surface area (Å²) in [5.74, 6) is -0.787. The highest BCUT2D eigenvalue weighted by atomic mass is 19.1. The fourth-order valence-electron chi connectivity index (χ4n) is 2.84. The van der Waals surface area contributed by atoms with Crippen molar-refractivity contribution in [3.8, 4) is 0 Å². The maximum atomic E-state index is 13.5. The SMILES string of the molecule is CC1(C)COC(c2cccc(F)c2)CN1C(=O)C(O)c1cnc[nH]1. The molecule has 1 amide bonds. The van der Waals surface area contributed by atoms with Crippen LogP contribution in [0.3, 0.4) is 0 Å². The van der Waals surface area contributed by atoms with Crippen molar-refractivity contribution in [2.24, 2.45) is 0 Å². The van der Waals surface area contributed by atoms with Gasteiger partial charge in [-0.15, -0.1) is 0 Å². The summed E-state index contributed by atoms with van der Waals surface area (Å²) in [7, 11) is 0. The van der Waals surface area contributed by atoms with E-state index in [4.69, 9.17) is 4.74 Å². The maximum absolute atomic E-state index is 13.5. The number of benzene rings is 1. The number of imidazole rings is 1. The largest absolute Gasteiger partial charge is 0.377 e. The minimum absolute atomic E-state index is 0.237. The number of aliphatic hydroxyl groups excluding tert-OH is 1. The van der Waals surface area contributed by atoms with Crippen molar-refractivity contribution in [3.05, 3.63) is 53.9 Å². The van der Waals surface area contributed by atoms with E-state index in [0.717, 1.165) is 0 Å². The molecule has 1 fully saturated rings. The van der Waals surface area contributed by atoms with Gasteiger partial charge in [-0.2, -0.15) is 0 Å². The van der Waals surface area contributed by atoms with E-state index in [1.807, 2.05) is 13.8 Å². The van der Waals surface area contributed by atoms with Crippen LogP contribution in [0.2, 0.25) is 0 Å². The van der Waals surface area contributed by atoms with E-state index in [-0.39, 0.29) is 19.0 Å². The Morgan fingerprint density at radius 3 is 3.00 bits per heavy atom. The van der Waals surface area contributed by atoms with Gasteiger partial charge in [-0.25, -0.2) is 9.37 Å². The molecule has 2 N–H and O–H groups in total. The molecule has 0 saturated carbocycles. The third kappa shape index (κ3) is 3.18. The number of nitrogens with one attached hydrogen (secondary N) is 1. The first-order chi connectivity index (χ1) is 11.4. The fraction of sp³-hybridized carbons (Fsp3) is 0.412. The van der Waals surface area contributed by atoms with Gasteiger partial charge in [0.25, 0.3) is 5.91 Å². The highest BCUT2D eigenvalue weighted by molar-refractivity contribution is 5.82. The van der Waals surface area contributed by atoms with Gasteiger partial charge in [-0.05, 0) is 31.5 Å². The number of amides is 1. The van der Waals surface area contributed by atoms with Crippen LogP contribution in [-0.4, -0.2) is 44.6 Å². The number of hydrogen-bond donors (Lipinski definition) is 2. The molecule has 1 aliphatic heterocycles. The number of H-pyrrole nitrogens is 1. The van der Waals surface area contributed by atoms with Crippen molar-refractivity contribution in [1.29, 1.82) is 0 Å². The van der Waals surface area contributed by atoms with Crippen molar-refractivity contribution >= 4 is 5.91 Å². The van der Waals surface area contributed by atoms with E-state index in [2.05, 4.69) is 9.97 Å². The number of ether oxygens (including phenoxy) is 1. The number of nitrogens with zero attached hydrogens (tertiary/aromatic N) is 2. The highest BCUT2D eigenvalue weighted by Gasteiger charge is 2.41. The highest BCUT2D eigenvalue weighted by Crippen LogP contribution is 2.32. The summed E-state index contributed by atoms with van der Waals surface area (Å²) in [4.78, 5) is 20.9. The van der Waals surface area contributed by atoms with Gasteiger partial charge in [-0.3, -0.25) is 4.79 Å². The number of carbonyl (C=O) groups excluding carboxylic acids is 1. The van der Waals surface area contributed by atoms with Crippen LogP contribution in [0.5, 0.6) is 0 Å². The Balaban J connectivity index is 1.83. The number of hydrogen-bond acceptors (Lipinski definition) is 4. The van der Waals surface area contributed by atoms with Gasteiger partial charge in [0.2, 0.25) is 0 Å². The molecule has 1 aliphatic rings. The quantitative estimate of drug-likeness (QED) is 0.900. The molecular weight excluding hydrogens is 313 g/mol. The average Bonchev–Trinajstić information content (AvgIpc) is 3.07. The third-order valence-electron chi connectivity index (χ3n) is 4.25. The van der Waals surface area contributed by atoms with Crippen LogP contribution in [0.25, 0.3) is 0 Å². The van der Waals surface area contributed by atoms with Gasteiger partial charge in [0, 0.05) is 0 Å². The van der Waals surface area contributed by atoms with Gasteiger partial charge >= 0.3 is 0 Å².